The average Bonchev–Trinajstić information content (AvgIpc) is 2.70. The van der Waals surface area contributed by atoms with Crippen LogP contribution in [0.1, 0.15) is 54.2 Å². The number of nitrogens with one attached hydrogen (secondary N) is 1. The van der Waals surface area contributed by atoms with E-state index in [1.807, 2.05) is 18.3 Å². The van der Waals surface area contributed by atoms with Crippen molar-refractivity contribution in [3.05, 3.63) is 15.6 Å². The number of rotatable bonds is 5. The summed E-state index contributed by atoms with van der Waals surface area (Å²) in [5.41, 5.74) is 1.30. The first-order chi connectivity index (χ1) is 8.20. The molecule has 96 valence electrons. The van der Waals surface area contributed by atoms with Crippen molar-refractivity contribution in [2.75, 3.05) is 6.54 Å². The summed E-state index contributed by atoms with van der Waals surface area (Å²) in [4.78, 5) is 6.02. The van der Waals surface area contributed by atoms with E-state index >= 15 is 0 Å². The van der Waals surface area contributed by atoms with E-state index in [1.165, 1.54) is 28.4 Å². The number of thiazole rings is 1. The van der Waals surface area contributed by atoms with Crippen LogP contribution in [0.5, 0.6) is 0 Å². The standard InChI is InChI=1S/C13H22N2OS/c1-3-10(16)7-8-14-11-5-4-6-12-13(11)17-9(2)15-12/h10-11,14,16H,3-8H2,1-2H3. The Labute approximate surface area is 107 Å². The summed E-state index contributed by atoms with van der Waals surface area (Å²) in [5, 5.41) is 14.3. The van der Waals surface area contributed by atoms with Gasteiger partial charge >= 0.3 is 0 Å². The summed E-state index contributed by atoms with van der Waals surface area (Å²) in [6, 6.07) is 0.467. The molecule has 0 radical (unpaired) electrons. The molecule has 2 N–H and O–H groups in total. The minimum Gasteiger partial charge on any atom is -0.393 e. The van der Waals surface area contributed by atoms with Gasteiger partial charge in [-0.3, -0.25) is 0 Å². The van der Waals surface area contributed by atoms with Gasteiger partial charge in [0, 0.05) is 10.9 Å². The van der Waals surface area contributed by atoms with Crippen LogP contribution in [-0.2, 0) is 6.42 Å². The normalized spacial score (nSPS) is 21.2. The molecule has 0 aromatic carbocycles. The molecule has 2 unspecified atom stereocenters. The largest absolute Gasteiger partial charge is 0.393 e. The first-order valence-corrected chi connectivity index (χ1v) is 7.40. The first-order valence-electron chi connectivity index (χ1n) is 6.58. The van der Waals surface area contributed by atoms with Crippen LogP contribution in [0, 0.1) is 6.92 Å². The molecule has 3 nitrogen and oxygen atoms in total. The number of hydrogen-bond donors (Lipinski definition) is 2. The molecule has 0 spiro atoms. The predicted molar refractivity (Wildman–Crippen MR) is 71.4 cm³/mol. The molecule has 0 bridgehead atoms. The molecule has 4 heteroatoms. The average molecular weight is 254 g/mol. The Bertz CT molecular complexity index is 364. The Balaban J connectivity index is 1.90. The van der Waals surface area contributed by atoms with E-state index in [4.69, 9.17) is 0 Å². The lowest BCUT2D eigenvalue weighted by Gasteiger charge is -2.23. The van der Waals surface area contributed by atoms with Crippen LogP contribution in [0.4, 0.5) is 0 Å². The van der Waals surface area contributed by atoms with Gasteiger partial charge in [-0.25, -0.2) is 4.98 Å². The molecule has 1 aliphatic carbocycles. The monoisotopic (exact) mass is 254 g/mol. The van der Waals surface area contributed by atoms with E-state index < -0.39 is 0 Å². The van der Waals surface area contributed by atoms with Crippen LogP contribution in [0.2, 0.25) is 0 Å². The Kier molecular flexibility index (Phi) is 4.54. The summed E-state index contributed by atoms with van der Waals surface area (Å²) >= 11 is 1.83. The molecule has 2 atom stereocenters. The molecule has 1 aromatic heterocycles. The number of fused-ring (bicyclic) bond motifs is 1. The number of aliphatic hydroxyl groups is 1. The van der Waals surface area contributed by atoms with Gasteiger partial charge in [0.1, 0.15) is 0 Å². The zero-order valence-electron chi connectivity index (χ0n) is 10.7. The summed E-state index contributed by atoms with van der Waals surface area (Å²) in [7, 11) is 0. The van der Waals surface area contributed by atoms with Crippen molar-refractivity contribution >= 4 is 11.3 Å². The third-order valence-corrected chi connectivity index (χ3v) is 4.52. The lowest BCUT2D eigenvalue weighted by Crippen LogP contribution is -2.27. The molecule has 0 saturated carbocycles. The zero-order chi connectivity index (χ0) is 12.3. The minimum atomic E-state index is -0.159. The van der Waals surface area contributed by atoms with Gasteiger partial charge in [-0.15, -0.1) is 11.3 Å². The first kappa shape index (κ1) is 13.0. The van der Waals surface area contributed by atoms with Crippen LogP contribution in [-0.4, -0.2) is 22.7 Å². The number of aliphatic hydroxyl groups excluding tert-OH is 1. The maximum absolute atomic E-state index is 9.54. The molecule has 1 heterocycles. The number of aryl methyl sites for hydroxylation is 2. The Hall–Kier alpha value is -0.450. The lowest BCUT2D eigenvalue weighted by atomic mass is 9.98. The van der Waals surface area contributed by atoms with Crippen LogP contribution in [0.25, 0.3) is 0 Å². The van der Waals surface area contributed by atoms with E-state index in [0.717, 1.165) is 25.8 Å². The van der Waals surface area contributed by atoms with Crippen LogP contribution < -0.4 is 5.32 Å². The lowest BCUT2D eigenvalue weighted by molar-refractivity contribution is 0.158. The van der Waals surface area contributed by atoms with Gasteiger partial charge in [0.15, 0.2) is 0 Å². The Morgan fingerprint density at radius 2 is 2.41 bits per heavy atom. The second kappa shape index (κ2) is 5.94. The molecule has 1 aliphatic rings. The fourth-order valence-electron chi connectivity index (χ4n) is 2.37. The number of aromatic nitrogens is 1. The van der Waals surface area contributed by atoms with E-state index in [0.29, 0.717) is 6.04 Å². The maximum Gasteiger partial charge on any atom is 0.0900 e. The molecule has 1 aromatic rings. The highest BCUT2D eigenvalue weighted by molar-refractivity contribution is 7.11. The smallest absolute Gasteiger partial charge is 0.0900 e. The summed E-state index contributed by atoms with van der Waals surface area (Å²) < 4.78 is 0. The van der Waals surface area contributed by atoms with Gasteiger partial charge < -0.3 is 10.4 Å². The fraction of sp³-hybridized carbons (Fsp3) is 0.769. The van der Waals surface area contributed by atoms with Crippen LogP contribution in [0.3, 0.4) is 0 Å². The van der Waals surface area contributed by atoms with Gasteiger partial charge in [0.05, 0.1) is 16.8 Å². The highest BCUT2D eigenvalue weighted by Crippen LogP contribution is 2.33. The molecule has 2 rings (SSSR count). The van der Waals surface area contributed by atoms with Crippen molar-refractivity contribution in [3.8, 4) is 0 Å². The van der Waals surface area contributed by atoms with E-state index in [2.05, 4.69) is 17.2 Å². The zero-order valence-corrected chi connectivity index (χ0v) is 11.5. The minimum absolute atomic E-state index is 0.159. The Morgan fingerprint density at radius 3 is 3.18 bits per heavy atom. The van der Waals surface area contributed by atoms with Gasteiger partial charge in [-0.1, -0.05) is 6.92 Å². The van der Waals surface area contributed by atoms with Gasteiger partial charge in [-0.2, -0.15) is 0 Å². The summed E-state index contributed by atoms with van der Waals surface area (Å²) in [6.45, 7) is 5.01. The second-order valence-corrected chi connectivity index (χ2v) is 6.03. The summed E-state index contributed by atoms with van der Waals surface area (Å²) in [6.07, 6.45) is 5.10. The third kappa shape index (κ3) is 3.27. The van der Waals surface area contributed by atoms with Crippen molar-refractivity contribution in [1.82, 2.24) is 10.3 Å². The van der Waals surface area contributed by atoms with Gasteiger partial charge in [0.2, 0.25) is 0 Å². The quantitative estimate of drug-likeness (QED) is 0.849. The van der Waals surface area contributed by atoms with Crippen molar-refractivity contribution < 1.29 is 5.11 Å². The van der Waals surface area contributed by atoms with Crippen molar-refractivity contribution in [1.29, 1.82) is 0 Å². The molecule has 0 saturated heterocycles. The van der Waals surface area contributed by atoms with Crippen molar-refractivity contribution in [2.45, 2.75) is 58.1 Å². The van der Waals surface area contributed by atoms with Crippen LogP contribution >= 0.6 is 11.3 Å². The SMILES string of the molecule is CCC(O)CCNC1CCCc2nc(C)sc21. The van der Waals surface area contributed by atoms with Crippen LogP contribution in [0.15, 0.2) is 0 Å². The maximum atomic E-state index is 9.54. The fourth-order valence-corrected chi connectivity index (χ4v) is 3.45. The van der Waals surface area contributed by atoms with E-state index in [-0.39, 0.29) is 6.10 Å². The molecule has 0 aliphatic heterocycles. The summed E-state index contributed by atoms with van der Waals surface area (Å²) in [5.74, 6) is 0. The molecular formula is C13H22N2OS. The number of nitrogens with zero attached hydrogens (tertiary/aromatic N) is 1. The predicted octanol–water partition coefficient (Wildman–Crippen LogP) is 2.58. The van der Waals surface area contributed by atoms with Crippen molar-refractivity contribution in [2.24, 2.45) is 0 Å². The third-order valence-electron chi connectivity index (χ3n) is 3.40. The second-order valence-electron chi connectivity index (χ2n) is 4.79. The van der Waals surface area contributed by atoms with Crippen molar-refractivity contribution in [3.63, 3.8) is 0 Å². The molecular weight excluding hydrogens is 232 g/mol. The topological polar surface area (TPSA) is 45.1 Å². The molecule has 0 fully saturated rings. The van der Waals surface area contributed by atoms with E-state index in [9.17, 15) is 5.11 Å². The Morgan fingerprint density at radius 1 is 1.59 bits per heavy atom. The van der Waals surface area contributed by atoms with Gasteiger partial charge in [0.25, 0.3) is 0 Å². The molecule has 17 heavy (non-hydrogen) atoms. The van der Waals surface area contributed by atoms with E-state index in [1.54, 1.807) is 0 Å². The molecule has 0 amide bonds. The highest BCUT2D eigenvalue weighted by Gasteiger charge is 2.23. The van der Waals surface area contributed by atoms with Gasteiger partial charge in [-0.05, 0) is 45.6 Å². The highest BCUT2D eigenvalue weighted by atomic mass is 32.1. The number of hydrogen-bond acceptors (Lipinski definition) is 4.